The van der Waals surface area contributed by atoms with Crippen molar-refractivity contribution in [3.63, 3.8) is 0 Å². The van der Waals surface area contributed by atoms with Gasteiger partial charge in [0.1, 0.15) is 11.5 Å². The summed E-state index contributed by atoms with van der Waals surface area (Å²) in [5, 5.41) is 11.3. The van der Waals surface area contributed by atoms with E-state index in [2.05, 4.69) is 15.6 Å². The molecule has 0 aliphatic rings. The number of methoxy groups -OCH3 is 2. The molecule has 0 saturated carbocycles. The highest BCUT2D eigenvalue weighted by Crippen LogP contribution is 2.29. The van der Waals surface area contributed by atoms with Gasteiger partial charge in [0.2, 0.25) is 0 Å². The van der Waals surface area contributed by atoms with E-state index < -0.39 is 5.54 Å². The third-order valence-electron chi connectivity index (χ3n) is 4.63. The van der Waals surface area contributed by atoms with Crippen molar-refractivity contribution < 1.29 is 14.3 Å². The zero-order chi connectivity index (χ0) is 20.3. The molecule has 0 bridgehead atoms. The first-order valence-corrected chi connectivity index (χ1v) is 8.90. The Balaban J connectivity index is 1.86. The highest BCUT2D eigenvalue weighted by atomic mass is 16.5. The van der Waals surface area contributed by atoms with Crippen LogP contribution in [0.4, 0.5) is 0 Å². The van der Waals surface area contributed by atoms with Gasteiger partial charge >= 0.3 is 0 Å². The number of carbonyl (C=O) groups excluding carboxylic acids is 1. The molecular weight excluding hydrogens is 356 g/mol. The minimum absolute atomic E-state index is 0.277. The van der Waals surface area contributed by atoms with Crippen molar-refractivity contribution in [1.82, 2.24) is 20.3 Å². The van der Waals surface area contributed by atoms with Crippen molar-refractivity contribution in [2.75, 3.05) is 14.2 Å². The van der Waals surface area contributed by atoms with Crippen molar-refractivity contribution >= 4 is 5.91 Å². The molecule has 2 aromatic carbocycles. The molecular formula is C21H24N4O3. The van der Waals surface area contributed by atoms with Crippen LogP contribution in [0.2, 0.25) is 0 Å². The second-order valence-corrected chi connectivity index (χ2v) is 6.91. The normalized spacial score (nSPS) is 11.2. The molecule has 0 radical (unpaired) electrons. The fraction of sp³-hybridized carbons (Fsp3) is 0.286. The Labute approximate surface area is 164 Å². The fourth-order valence-corrected chi connectivity index (χ4v) is 3.08. The molecule has 0 spiro atoms. The van der Waals surface area contributed by atoms with E-state index in [-0.39, 0.29) is 11.6 Å². The van der Waals surface area contributed by atoms with E-state index in [0.717, 1.165) is 17.0 Å². The standard InChI is InChI=1S/C21H24N4O3/c1-14-19(23-24-25(14)15-10-12-16(27-4)13-11-15)20(26)22-21(2,3)17-8-6-7-9-18(17)28-5/h6-13H,1-5H3,(H,22,26). The first-order valence-electron chi connectivity index (χ1n) is 8.90. The molecule has 7 nitrogen and oxygen atoms in total. The second kappa shape index (κ2) is 7.72. The molecule has 0 unspecified atom stereocenters. The van der Waals surface area contributed by atoms with Crippen LogP contribution < -0.4 is 14.8 Å². The number of rotatable bonds is 6. The Kier molecular flexibility index (Phi) is 5.35. The summed E-state index contributed by atoms with van der Waals surface area (Å²) in [6.07, 6.45) is 0. The summed E-state index contributed by atoms with van der Waals surface area (Å²) in [5.41, 5.74) is 1.96. The minimum Gasteiger partial charge on any atom is -0.497 e. The highest BCUT2D eigenvalue weighted by Gasteiger charge is 2.29. The first-order chi connectivity index (χ1) is 13.4. The number of ether oxygens (including phenoxy) is 2. The lowest BCUT2D eigenvalue weighted by molar-refractivity contribution is 0.0905. The van der Waals surface area contributed by atoms with Gasteiger partial charge in [-0.25, -0.2) is 4.68 Å². The van der Waals surface area contributed by atoms with Crippen LogP contribution in [0.15, 0.2) is 48.5 Å². The van der Waals surface area contributed by atoms with E-state index in [1.54, 1.807) is 18.9 Å². The molecule has 28 heavy (non-hydrogen) atoms. The smallest absolute Gasteiger partial charge is 0.274 e. The Morgan fingerprint density at radius 3 is 2.36 bits per heavy atom. The number of para-hydroxylation sites is 1. The third-order valence-corrected chi connectivity index (χ3v) is 4.63. The van der Waals surface area contributed by atoms with Gasteiger partial charge in [-0.15, -0.1) is 5.10 Å². The second-order valence-electron chi connectivity index (χ2n) is 6.91. The SMILES string of the molecule is COc1ccc(-n2nnc(C(=O)NC(C)(C)c3ccccc3OC)c2C)cc1. The molecule has 146 valence electrons. The molecule has 0 saturated heterocycles. The molecule has 1 heterocycles. The monoisotopic (exact) mass is 380 g/mol. The van der Waals surface area contributed by atoms with Gasteiger partial charge in [-0.2, -0.15) is 0 Å². The Bertz CT molecular complexity index is 978. The van der Waals surface area contributed by atoms with Gasteiger partial charge < -0.3 is 14.8 Å². The molecule has 0 aliphatic heterocycles. The molecule has 3 rings (SSSR count). The van der Waals surface area contributed by atoms with Crippen molar-refractivity contribution in [3.05, 3.63) is 65.5 Å². The molecule has 7 heteroatoms. The molecule has 1 N–H and O–H groups in total. The minimum atomic E-state index is -0.653. The maximum atomic E-state index is 12.9. The molecule has 1 amide bonds. The summed E-state index contributed by atoms with van der Waals surface area (Å²) < 4.78 is 12.2. The quantitative estimate of drug-likeness (QED) is 0.710. The van der Waals surface area contributed by atoms with Crippen molar-refractivity contribution in [2.45, 2.75) is 26.3 Å². The van der Waals surface area contributed by atoms with E-state index in [1.807, 2.05) is 69.3 Å². The lowest BCUT2D eigenvalue weighted by atomic mass is 9.93. The maximum absolute atomic E-state index is 12.9. The van der Waals surface area contributed by atoms with Crippen molar-refractivity contribution in [1.29, 1.82) is 0 Å². The number of carbonyl (C=O) groups is 1. The van der Waals surface area contributed by atoms with Crippen molar-refractivity contribution in [2.24, 2.45) is 0 Å². The van der Waals surface area contributed by atoms with Gasteiger partial charge in [-0.1, -0.05) is 23.4 Å². The molecule has 0 fully saturated rings. The van der Waals surface area contributed by atoms with Gasteiger partial charge in [0.15, 0.2) is 5.69 Å². The molecule has 1 aromatic heterocycles. The molecule has 3 aromatic rings. The summed E-state index contributed by atoms with van der Waals surface area (Å²) in [6, 6.07) is 15.0. The van der Waals surface area contributed by atoms with Crippen LogP contribution in [-0.2, 0) is 5.54 Å². The van der Waals surface area contributed by atoms with Gasteiger partial charge in [-0.05, 0) is 51.1 Å². The van der Waals surface area contributed by atoms with E-state index in [0.29, 0.717) is 11.4 Å². The van der Waals surface area contributed by atoms with Crippen LogP contribution in [0.1, 0.15) is 35.6 Å². The maximum Gasteiger partial charge on any atom is 0.274 e. The summed E-state index contributed by atoms with van der Waals surface area (Å²) in [6.45, 7) is 5.66. The summed E-state index contributed by atoms with van der Waals surface area (Å²) in [5.74, 6) is 1.16. The van der Waals surface area contributed by atoms with Gasteiger partial charge in [0.05, 0.1) is 31.1 Å². The third kappa shape index (κ3) is 3.69. The number of benzene rings is 2. The lowest BCUT2D eigenvalue weighted by Gasteiger charge is -2.28. The van der Waals surface area contributed by atoms with Crippen molar-refractivity contribution in [3.8, 4) is 17.2 Å². The number of nitrogens with one attached hydrogen (secondary N) is 1. The van der Waals surface area contributed by atoms with E-state index in [9.17, 15) is 4.79 Å². The number of hydrogen-bond acceptors (Lipinski definition) is 5. The van der Waals surface area contributed by atoms with Crippen LogP contribution in [-0.4, -0.2) is 35.1 Å². The van der Waals surface area contributed by atoms with E-state index in [4.69, 9.17) is 9.47 Å². The zero-order valence-electron chi connectivity index (χ0n) is 16.7. The number of amides is 1. The highest BCUT2D eigenvalue weighted by molar-refractivity contribution is 5.94. The Hall–Kier alpha value is -3.35. The fourth-order valence-electron chi connectivity index (χ4n) is 3.08. The number of hydrogen-bond donors (Lipinski definition) is 1. The van der Waals surface area contributed by atoms with Crippen LogP contribution in [0, 0.1) is 6.92 Å². The molecule has 0 atom stereocenters. The summed E-state index contributed by atoms with van der Waals surface area (Å²) in [4.78, 5) is 12.9. The summed E-state index contributed by atoms with van der Waals surface area (Å²) in [7, 11) is 3.23. The Morgan fingerprint density at radius 1 is 1.04 bits per heavy atom. The van der Waals surface area contributed by atoms with Crippen LogP contribution in [0.25, 0.3) is 5.69 Å². The van der Waals surface area contributed by atoms with Crippen LogP contribution >= 0.6 is 0 Å². The van der Waals surface area contributed by atoms with Crippen LogP contribution in [0.5, 0.6) is 11.5 Å². The largest absolute Gasteiger partial charge is 0.497 e. The Morgan fingerprint density at radius 2 is 1.71 bits per heavy atom. The predicted molar refractivity (Wildman–Crippen MR) is 106 cm³/mol. The zero-order valence-corrected chi connectivity index (χ0v) is 16.7. The number of aromatic nitrogens is 3. The topological polar surface area (TPSA) is 78.3 Å². The average Bonchev–Trinajstić information content (AvgIpc) is 3.09. The summed E-state index contributed by atoms with van der Waals surface area (Å²) >= 11 is 0. The average molecular weight is 380 g/mol. The lowest BCUT2D eigenvalue weighted by Crippen LogP contribution is -2.41. The first kappa shape index (κ1) is 19.4. The van der Waals surface area contributed by atoms with Crippen LogP contribution in [0.3, 0.4) is 0 Å². The van der Waals surface area contributed by atoms with E-state index >= 15 is 0 Å². The predicted octanol–water partition coefficient (Wildman–Crippen LogP) is 3.26. The van der Waals surface area contributed by atoms with Gasteiger partial charge in [0.25, 0.3) is 5.91 Å². The van der Waals surface area contributed by atoms with E-state index in [1.165, 1.54) is 0 Å². The molecule has 0 aliphatic carbocycles. The van der Waals surface area contributed by atoms with Gasteiger partial charge in [0, 0.05) is 5.56 Å². The number of nitrogens with zero attached hydrogens (tertiary/aromatic N) is 3. The van der Waals surface area contributed by atoms with Gasteiger partial charge in [-0.3, -0.25) is 4.79 Å².